The van der Waals surface area contributed by atoms with Gasteiger partial charge >= 0.3 is 5.97 Å². The first-order valence-electron chi connectivity index (χ1n) is 10.7. The highest BCUT2D eigenvalue weighted by atomic mass is 32.1. The van der Waals surface area contributed by atoms with Crippen LogP contribution < -0.4 is 5.56 Å². The fourth-order valence-electron chi connectivity index (χ4n) is 3.85. The van der Waals surface area contributed by atoms with Gasteiger partial charge in [-0.15, -0.1) is 16.4 Å². The maximum atomic E-state index is 12.9. The van der Waals surface area contributed by atoms with E-state index in [1.54, 1.807) is 18.3 Å². The molecule has 0 atom stereocenters. The molecule has 172 valence electrons. The molecule has 1 aromatic carbocycles. The molecule has 0 fully saturated rings. The number of ether oxygens (including phenoxy) is 1. The van der Waals surface area contributed by atoms with Crippen LogP contribution in [0, 0.1) is 13.8 Å². The Balaban J connectivity index is 1.62. The van der Waals surface area contributed by atoms with Crippen molar-refractivity contribution in [3.05, 3.63) is 73.5 Å². The third-order valence-electron chi connectivity index (χ3n) is 5.30. The Morgan fingerprint density at radius 1 is 1.21 bits per heavy atom. The Labute approximate surface area is 195 Å². The Morgan fingerprint density at radius 3 is 2.82 bits per heavy atom. The molecule has 4 rings (SSSR count). The molecule has 0 spiro atoms. The van der Waals surface area contributed by atoms with Crippen molar-refractivity contribution in [2.75, 3.05) is 6.61 Å². The molecule has 0 aliphatic rings. The number of nitrogens with zero attached hydrogens (tertiary/aromatic N) is 5. The van der Waals surface area contributed by atoms with Crippen LogP contribution in [0.3, 0.4) is 0 Å². The fourth-order valence-corrected chi connectivity index (χ4v) is 4.60. The highest BCUT2D eigenvalue weighted by molar-refractivity contribution is 7.09. The predicted molar refractivity (Wildman–Crippen MR) is 126 cm³/mol. The molecule has 3 heterocycles. The molecule has 0 saturated heterocycles. The first-order valence-corrected chi connectivity index (χ1v) is 11.6. The Bertz CT molecular complexity index is 1310. The van der Waals surface area contributed by atoms with Crippen LogP contribution in [0.15, 0.2) is 40.5 Å². The number of esters is 1. The molecule has 33 heavy (non-hydrogen) atoms. The number of benzene rings is 1. The van der Waals surface area contributed by atoms with Crippen LogP contribution in [0.2, 0.25) is 0 Å². The number of carbonyl (C=O) groups is 1. The van der Waals surface area contributed by atoms with Crippen molar-refractivity contribution in [2.24, 2.45) is 0 Å². The van der Waals surface area contributed by atoms with E-state index < -0.39 is 5.97 Å². The zero-order valence-electron chi connectivity index (χ0n) is 18.9. The maximum Gasteiger partial charge on any atom is 0.327 e. The molecule has 0 radical (unpaired) electrons. The normalized spacial score (nSPS) is 11.4. The first kappa shape index (κ1) is 22.8. The second kappa shape index (κ2) is 10.1. The van der Waals surface area contributed by atoms with Gasteiger partial charge in [-0.3, -0.25) is 14.5 Å². The van der Waals surface area contributed by atoms with Gasteiger partial charge in [0.2, 0.25) is 0 Å². The van der Waals surface area contributed by atoms with E-state index in [2.05, 4.69) is 37.5 Å². The summed E-state index contributed by atoms with van der Waals surface area (Å²) in [7, 11) is 0. The van der Waals surface area contributed by atoms with Gasteiger partial charge in [0.15, 0.2) is 5.82 Å². The van der Waals surface area contributed by atoms with Crippen LogP contribution in [-0.4, -0.2) is 42.7 Å². The summed E-state index contributed by atoms with van der Waals surface area (Å²) in [5, 5.41) is 14.8. The molecule has 1 N–H and O–H groups in total. The average Bonchev–Trinajstić information content (AvgIpc) is 3.41. The lowest BCUT2D eigenvalue weighted by Gasteiger charge is -2.21. The Kier molecular flexibility index (Phi) is 6.95. The van der Waals surface area contributed by atoms with E-state index in [4.69, 9.17) is 4.74 Å². The number of fused-ring (bicyclic) bond motifs is 1. The van der Waals surface area contributed by atoms with Crippen LogP contribution in [-0.2, 0) is 35.7 Å². The number of pyridine rings is 1. The number of aromatic nitrogens is 5. The van der Waals surface area contributed by atoms with E-state index in [0.717, 1.165) is 26.9 Å². The summed E-state index contributed by atoms with van der Waals surface area (Å²) in [6, 6.07) is 10.1. The van der Waals surface area contributed by atoms with Crippen molar-refractivity contribution in [1.29, 1.82) is 0 Å². The molecule has 10 heteroatoms. The van der Waals surface area contributed by atoms with Crippen molar-refractivity contribution >= 4 is 28.2 Å². The number of aromatic amines is 1. The molecule has 0 unspecified atom stereocenters. The number of tetrazole rings is 1. The summed E-state index contributed by atoms with van der Waals surface area (Å²) in [6.45, 7) is 7.45. The van der Waals surface area contributed by atoms with Crippen LogP contribution in [0.25, 0.3) is 10.9 Å². The Hall–Kier alpha value is -3.37. The first-order chi connectivity index (χ1) is 15.9. The van der Waals surface area contributed by atoms with Gasteiger partial charge in [-0.05, 0) is 65.9 Å². The monoisotopic (exact) mass is 466 g/mol. The van der Waals surface area contributed by atoms with Gasteiger partial charge in [0, 0.05) is 34.4 Å². The number of rotatable bonds is 9. The van der Waals surface area contributed by atoms with Gasteiger partial charge in [-0.2, -0.15) is 0 Å². The molecule has 9 nitrogen and oxygen atoms in total. The maximum absolute atomic E-state index is 12.9. The number of H-pyrrole nitrogens is 1. The smallest absolute Gasteiger partial charge is 0.327 e. The summed E-state index contributed by atoms with van der Waals surface area (Å²) in [6.07, 6.45) is 0. The largest absolute Gasteiger partial charge is 0.465 e. The minimum Gasteiger partial charge on any atom is -0.465 e. The molecular formula is C23H26N6O3S. The van der Waals surface area contributed by atoms with Crippen molar-refractivity contribution in [3.8, 4) is 0 Å². The zero-order valence-corrected chi connectivity index (χ0v) is 19.7. The van der Waals surface area contributed by atoms with Crippen molar-refractivity contribution in [1.82, 2.24) is 30.1 Å². The highest BCUT2D eigenvalue weighted by Crippen LogP contribution is 2.20. The van der Waals surface area contributed by atoms with Crippen LogP contribution in [0.5, 0.6) is 0 Å². The molecule has 0 aliphatic heterocycles. The predicted octanol–water partition coefficient (Wildman–Crippen LogP) is 2.96. The fraction of sp³-hybridized carbons (Fsp3) is 0.348. The second-order valence-corrected chi connectivity index (χ2v) is 8.98. The van der Waals surface area contributed by atoms with E-state index in [0.29, 0.717) is 37.6 Å². The third-order valence-corrected chi connectivity index (χ3v) is 6.16. The molecule has 4 aromatic rings. The van der Waals surface area contributed by atoms with Crippen molar-refractivity contribution in [3.63, 3.8) is 0 Å². The van der Waals surface area contributed by atoms with Crippen LogP contribution >= 0.6 is 11.3 Å². The van der Waals surface area contributed by atoms with Gasteiger partial charge in [0.1, 0.15) is 6.54 Å². The lowest BCUT2D eigenvalue weighted by molar-refractivity contribution is -0.144. The average molecular weight is 467 g/mol. The highest BCUT2D eigenvalue weighted by Gasteiger charge is 2.18. The SMILES string of the molecule is CCOC(=O)Cn1nnnc1CN(Cc1cccs1)Cc1cc2c(C)cc(C)cc2[nH]c1=O. The summed E-state index contributed by atoms with van der Waals surface area (Å²) in [5.41, 5.74) is 3.61. The topological polar surface area (TPSA) is 106 Å². The number of nitrogens with one attached hydrogen (secondary N) is 1. The summed E-state index contributed by atoms with van der Waals surface area (Å²) in [5.74, 6) is 0.135. The number of hydrogen-bond acceptors (Lipinski definition) is 8. The van der Waals surface area contributed by atoms with E-state index in [-0.39, 0.29) is 12.1 Å². The molecule has 0 bridgehead atoms. The lowest BCUT2D eigenvalue weighted by Crippen LogP contribution is -2.28. The van der Waals surface area contributed by atoms with Gasteiger partial charge in [-0.1, -0.05) is 12.1 Å². The van der Waals surface area contributed by atoms with Gasteiger partial charge in [-0.25, -0.2) is 4.68 Å². The Morgan fingerprint density at radius 2 is 2.06 bits per heavy atom. The molecule has 0 saturated carbocycles. The summed E-state index contributed by atoms with van der Waals surface area (Å²) >= 11 is 1.65. The van der Waals surface area contributed by atoms with E-state index >= 15 is 0 Å². The summed E-state index contributed by atoms with van der Waals surface area (Å²) in [4.78, 5) is 31.1. The van der Waals surface area contributed by atoms with E-state index in [9.17, 15) is 9.59 Å². The number of aryl methyl sites for hydroxylation is 2. The van der Waals surface area contributed by atoms with Gasteiger partial charge in [0.25, 0.3) is 5.56 Å². The van der Waals surface area contributed by atoms with Crippen molar-refractivity contribution < 1.29 is 9.53 Å². The third kappa shape index (κ3) is 5.52. The van der Waals surface area contributed by atoms with Gasteiger partial charge < -0.3 is 9.72 Å². The molecule has 3 aromatic heterocycles. The number of hydrogen-bond donors (Lipinski definition) is 1. The zero-order chi connectivity index (χ0) is 23.4. The standard InChI is InChI=1S/C23H26N6O3S/c1-4-32-22(30)14-29-21(25-26-27-29)13-28(12-18-6-5-7-33-18)11-17-10-19-16(3)8-15(2)9-20(19)24-23(17)31/h5-10H,4,11-14H2,1-3H3,(H,24,31). The second-order valence-electron chi connectivity index (χ2n) is 7.95. The van der Waals surface area contributed by atoms with Crippen LogP contribution in [0.4, 0.5) is 0 Å². The number of thiophene rings is 1. The number of carbonyl (C=O) groups excluding carboxylic acids is 1. The van der Waals surface area contributed by atoms with E-state index in [1.807, 2.05) is 37.4 Å². The molecular weight excluding hydrogens is 440 g/mol. The van der Waals surface area contributed by atoms with Gasteiger partial charge in [0.05, 0.1) is 13.2 Å². The minimum absolute atomic E-state index is 0.0574. The summed E-state index contributed by atoms with van der Waals surface area (Å²) < 4.78 is 6.46. The van der Waals surface area contributed by atoms with E-state index in [1.165, 1.54) is 4.68 Å². The lowest BCUT2D eigenvalue weighted by atomic mass is 10.0. The molecule has 0 amide bonds. The minimum atomic E-state index is -0.396. The van der Waals surface area contributed by atoms with Crippen molar-refractivity contribution in [2.45, 2.75) is 47.0 Å². The quantitative estimate of drug-likeness (QED) is 0.378. The molecule has 0 aliphatic carbocycles. The van der Waals surface area contributed by atoms with Crippen LogP contribution in [0.1, 0.15) is 34.3 Å².